The highest BCUT2D eigenvalue weighted by atomic mass is 17.0. The lowest BCUT2D eigenvalue weighted by molar-refractivity contribution is -0.778. The van der Waals surface area contributed by atoms with Crippen LogP contribution < -0.4 is 11.7 Å². The molecule has 0 saturated carbocycles. The van der Waals surface area contributed by atoms with Crippen molar-refractivity contribution in [3.63, 3.8) is 0 Å². The summed E-state index contributed by atoms with van der Waals surface area (Å²) in [5.74, 6) is 8.00. The Labute approximate surface area is 51.3 Å². The molecule has 56 valence electrons. The number of nitrogens with two attached hydrogens (primary N) is 2. The van der Waals surface area contributed by atoms with E-state index in [0.717, 1.165) is 6.92 Å². The van der Waals surface area contributed by atoms with Gasteiger partial charge >= 0.3 is 0 Å². The van der Waals surface area contributed by atoms with Crippen LogP contribution in [0.15, 0.2) is 0 Å². The second-order valence-corrected chi connectivity index (χ2v) is 0.928. The van der Waals surface area contributed by atoms with Crippen LogP contribution in [0, 0.1) is 10.1 Å². The van der Waals surface area contributed by atoms with Gasteiger partial charge < -0.3 is 5.11 Å². The smallest absolute Gasteiger partial charge is 0.297 e. The van der Waals surface area contributed by atoms with Gasteiger partial charge in [-0.2, -0.15) is 0 Å². The lowest BCUT2D eigenvalue weighted by atomic mass is 10.8. The Hall–Kier alpha value is -0.920. The fourth-order valence-electron chi connectivity index (χ4n) is 0.125. The number of hydrazine groups is 1. The Kier molecular flexibility index (Phi) is 8.62. The van der Waals surface area contributed by atoms with Crippen LogP contribution in [0.25, 0.3) is 0 Å². The van der Waals surface area contributed by atoms with E-state index in [-0.39, 0.29) is 0 Å². The van der Waals surface area contributed by atoms with E-state index in [9.17, 15) is 10.1 Å². The summed E-state index contributed by atoms with van der Waals surface area (Å²) < 4.78 is 0. The van der Waals surface area contributed by atoms with Gasteiger partial charge in [0.25, 0.3) is 5.09 Å². The summed E-state index contributed by atoms with van der Waals surface area (Å²) in [5.41, 5.74) is 0. The van der Waals surface area contributed by atoms with E-state index in [1.165, 1.54) is 0 Å². The van der Waals surface area contributed by atoms with E-state index in [4.69, 9.17) is 5.11 Å². The minimum Gasteiger partial charge on any atom is -0.369 e. The van der Waals surface area contributed by atoms with E-state index >= 15 is 0 Å². The van der Waals surface area contributed by atoms with Crippen molar-refractivity contribution in [2.75, 3.05) is 0 Å². The van der Waals surface area contributed by atoms with Crippen molar-refractivity contribution >= 4 is 0 Å². The van der Waals surface area contributed by atoms with E-state index in [1.807, 2.05) is 0 Å². The third kappa shape index (κ3) is 19.3. The molecule has 7 heteroatoms. The first-order valence-electron chi connectivity index (χ1n) is 1.95. The molecule has 0 fully saturated rings. The summed E-state index contributed by atoms with van der Waals surface area (Å²) in [6.45, 7) is 1.16. The highest BCUT2D eigenvalue weighted by molar-refractivity contribution is 4.09. The molecule has 0 aliphatic carbocycles. The average Bonchev–Trinajstić information content (AvgIpc) is 1.68. The Morgan fingerprint density at radius 3 is 2.11 bits per heavy atom. The summed E-state index contributed by atoms with van der Waals surface area (Å²) in [4.78, 5) is 12.8. The number of aliphatic hydroxyl groups is 1. The van der Waals surface area contributed by atoms with Crippen molar-refractivity contribution in [1.82, 2.24) is 0 Å². The number of rotatable bonds is 2. The Balaban J connectivity index is 0. The van der Waals surface area contributed by atoms with E-state index in [0.29, 0.717) is 0 Å². The highest BCUT2D eigenvalue weighted by Gasteiger charge is 1.97. The molecule has 5 N–H and O–H groups in total. The molecular weight excluding hydrogens is 130 g/mol. The fourth-order valence-corrected chi connectivity index (χ4v) is 0.125. The molecule has 0 saturated heterocycles. The first kappa shape index (κ1) is 11.0. The molecule has 0 heterocycles. The van der Waals surface area contributed by atoms with Crippen LogP contribution in [0.4, 0.5) is 0 Å². The van der Waals surface area contributed by atoms with Gasteiger partial charge in [-0.05, 0) is 6.92 Å². The first-order chi connectivity index (χ1) is 4.13. The van der Waals surface area contributed by atoms with Crippen molar-refractivity contribution in [2.45, 2.75) is 13.2 Å². The quantitative estimate of drug-likeness (QED) is 0.182. The second kappa shape index (κ2) is 7.08. The molecule has 0 spiro atoms. The number of hydrogen-bond donors (Lipinski definition) is 3. The molecule has 0 rings (SSSR count). The Morgan fingerprint density at radius 1 is 1.78 bits per heavy atom. The van der Waals surface area contributed by atoms with Gasteiger partial charge in [-0.25, -0.2) is 0 Å². The molecule has 7 nitrogen and oxygen atoms in total. The van der Waals surface area contributed by atoms with Gasteiger partial charge in [0.2, 0.25) is 0 Å². The Bertz CT molecular complexity index is 74.2. The summed E-state index contributed by atoms with van der Waals surface area (Å²) in [6.07, 6.45) is -1.32. The van der Waals surface area contributed by atoms with Gasteiger partial charge in [0.05, 0.1) is 0 Å². The maximum absolute atomic E-state index is 9.23. The molecule has 0 aromatic carbocycles. The van der Waals surface area contributed by atoms with Crippen molar-refractivity contribution < 1.29 is 15.0 Å². The summed E-state index contributed by atoms with van der Waals surface area (Å²) in [6, 6.07) is 0. The maximum atomic E-state index is 9.23. The van der Waals surface area contributed by atoms with Crippen molar-refractivity contribution in [3.8, 4) is 0 Å². The molecule has 0 bridgehead atoms. The largest absolute Gasteiger partial charge is 0.369 e. The average molecular weight is 139 g/mol. The van der Waals surface area contributed by atoms with Crippen molar-refractivity contribution in [2.24, 2.45) is 11.7 Å². The van der Waals surface area contributed by atoms with Crippen molar-refractivity contribution in [1.29, 1.82) is 0 Å². The van der Waals surface area contributed by atoms with E-state index < -0.39 is 11.4 Å². The van der Waals surface area contributed by atoms with E-state index in [1.54, 1.807) is 0 Å². The molecular formula is C2H9N3O4. The predicted molar refractivity (Wildman–Crippen MR) is 28.1 cm³/mol. The molecule has 0 amide bonds. The lowest BCUT2D eigenvalue weighted by Gasteiger charge is -1.96. The standard InChI is InChI=1S/C2H5NO4.H4N2/c1-2(4)7-3(5)6;1-2/h2,4H,1H3;1-2H2. The monoisotopic (exact) mass is 139 g/mol. The number of hydrogen-bond acceptors (Lipinski definition) is 6. The molecule has 0 radical (unpaired) electrons. The van der Waals surface area contributed by atoms with Gasteiger partial charge in [-0.3, -0.25) is 16.5 Å². The Morgan fingerprint density at radius 2 is 2.11 bits per heavy atom. The zero-order valence-corrected chi connectivity index (χ0v) is 4.85. The predicted octanol–water partition coefficient (Wildman–Crippen LogP) is -1.65. The highest BCUT2D eigenvalue weighted by Crippen LogP contribution is 1.80. The van der Waals surface area contributed by atoms with Gasteiger partial charge in [0, 0.05) is 0 Å². The zero-order chi connectivity index (χ0) is 7.86. The summed E-state index contributed by atoms with van der Waals surface area (Å²) >= 11 is 0. The second-order valence-electron chi connectivity index (χ2n) is 0.928. The normalized spacial score (nSPS) is 10.7. The van der Waals surface area contributed by atoms with Crippen LogP contribution in [0.1, 0.15) is 6.92 Å². The minimum atomic E-state index is -1.32. The number of aliphatic hydroxyl groups excluding tert-OH is 1. The summed E-state index contributed by atoms with van der Waals surface area (Å²) in [7, 11) is 0. The lowest BCUT2D eigenvalue weighted by Crippen LogP contribution is -2.11. The molecule has 1 unspecified atom stereocenters. The van der Waals surface area contributed by atoms with Gasteiger partial charge in [0.15, 0.2) is 6.29 Å². The fraction of sp³-hybridized carbons (Fsp3) is 1.00. The SMILES string of the molecule is CC(O)O[N+](=O)[O-].NN. The molecule has 0 aliphatic heterocycles. The van der Waals surface area contributed by atoms with Crippen molar-refractivity contribution in [3.05, 3.63) is 10.1 Å². The summed E-state index contributed by atoms with van der Waals surface area (Å²) in [5, 5.41) is 16.2. The minimum absolute atomic E-state index is 1.05. The van der Waals surface area contributed by atoms with E-state index in [2.05, 4.69) is 16.5 Å². The molecule has 0 aromatic heterocycles. The van der Waals surface area contributed by atoms with Gasteiger partial charge in [0.1, 0.15) is 0 Å². The molecule has 0 aliphatic rings. The van der Waals surface area contributed by atoms with Crippen LogP contribution in [0.3, 0.4) is 0 Å². The molecule has 9 heavy (non-hydrogen) atoms. The van der Waals surface area contributed by atoms with Gasteiger partial charge in [-0.15, -0.1) is 10.1 Å². The van der Waals surface area contributed by atoms with Crippen LogP contribution in [-0.4, -0.2) is 16.5 Å². The third-order valence-electron chi connectivity index (χ3n) is 0.239. The van der Waals surface area contributed by atoms with Crippen LogP contribution in [-0.2, 0) is 4.84 Å². The zero-order valence-electron chi connectivity index (χ0n) is 4.85. The third-order valence-corrected chi connectivity index (χ3v) is 0.239. The number of nitrogens with zero attached hydrogens (tertiary/aromatic N) is 1. The first-order valence-corrected chi connectivity index (χ1v) is 1.95. The van der Waals surface area contributed by atoms with Crippen LogP contribution in [0.5, 0.6) is 0 Å². The maximum Gasteiger partial charge on any atom is 0.297 e. The molecule has 0 aromatic rings. The topological polar surface area (TPSA) is 125 Å². The molecule has 1 atom stereocenters. The van der Waals surface area contributed by atoms with Crippen LogP contribution in [0.2, 0.25) is 0 Å². The van der Waals surface area contributed by atoms with Gasteiger partial charge in [-0.1, -0.05) is 0 Å². The van der Waals surface area contributed by atoms with Crippen LogP contribution >= 0.6 is 0 Å².